The number of hydrogen-bond acceptors (Lipinski definition) is 4. The van der Waals surface area contributed by atoms with E-state index in [1.807, 2.05) is 19.0 Å². The molecule has 0 spiro atoms. The lowest BCUT2D eigenvalue weighted by Gasteiger charge is -2.18. The van der Waals surface area contributed by atoms with Crippen LogP contribution in [0, 0.1) is 0 Å². The summed E-state index contributed by atoms with van der Waals surface area (Å²) in [6, 6.07) is 3.16. The molecule has 0 unspecified atom stereocenters. The Balaban J connectivity index is 2.53. The number of furan rings is 1. The van der Waals surface area contributed by atoms with Crippen LogP contribution < -0.4 is 5.73 Å². The number of nitrogens with zero attached hydrogens (tertiary/aromatic N) is 2. The number of anilines is 1. The van der Waals surface area contributed by atoms with Crippen LogP contribution in [0.3, 0.4) is 0 Å². The Morgan fingerprint density at radius 3 is 2.47 bits per heavy atom. The molecule has 5 heteroatoms. The molecule has 1 aromatic heterocycles. The van der Waals surface area contributed by atoms with Gasteiger partial charge in [-0.3, -0.25) is 4.79 Å². The number of rotatable bonds is 4. The zero-order valence-corrected chi connectivity index (χ0v) is 9.36. The normalized spacial score (nSPS) is 10.7. The molecule has 1 heterocycles. The summed E-state index contributed by atoms with van der Waals surface area (Å²) in [5, 5.41) is 0. The van der Waals surface area contributed by atoms with Crippen molar-refractivity contribution in [3.63, 3.8) is 0 Å². The van der Waals surface area contributed by atoms with Crippen molar-refractivity contribution in [3.05, 3.63) is 17.9 Å². The van der Waals surface area contributed by atoms with E-state index in [4.69, 9.17) is 10.2 Å². The van der Waals surface area contributed by atoms with Gasteiger partial charge in [-0.05, 0) is 20.2 Å². The summed E-state index contributed by atoms with van der Waals surface area (Å²) in [6.07, 6.45) is 0. The third-order valence-electron chi connectivity index (χ3n) is 2.07. The van der Waals surface area contributed by atoms with Gasteiger partial charge in [0.1, 0.15) is 0 Å². The van der Waals surface area contributed by atoms with Crippen LogP contribution in [0.5, 0.6) is 0 Å². The molecule has 0 aliphatic rings. The maximum absolute atomic E-state index is 11.7. The Morgan fingerprint density at radius 1 is 1.33 bits per heavy atom. The molecule has 0 fully saturated rings. The number of carbonyl (C=O) groups is 1. The molecular weight excluding hydrogens is 194 g/mol. The smallest absolute Gasteiger partial charge is 0.289 e. The molecule has 0 bridgehead atoms. The number of hydrogen-bond donors (Lipinski definition) is 1. The van der Waals surface area contributed by atoms with E-state index in [2.05, 4.69) is 0 Å². The Bertz CT molecular complexity index is 333. The Kier molecular flexibility index (Phi) is 3.74. The number of nitrogen functional groups attached to an aromatic ring is 1. The second-order valence-corrected chi connectivity index (χ2v) is 3.73. The molecule has 5 nitrogen and oxygen atoms in total. The van der Waals surface area contributed by atoms with Crippen LogP contribution in [0.15, 0.2) is 16.5 Å². The fourth-order valence-electron chi connectivity index (χ4n) is 1.11. The van der Waals surface area contributed by atoms with E-state index in [1.165, 1.54) is 0 Å². The summed E-state index contributed by atoms with van der Waals surface area (Å²) in [6.45, 7) is 1.48. The van der Waals surface area contributed by atoms with Gasteiger partial charge in [-0.2, -0.15) is 0 Å². The van der Waals surface area contributed by atoms with E-state index in [0.717, 1.165) is 6.54 Å². The van der Waals surface area contributed by atoms with E-state index in [-0.39, 0.29) is 17.6 Å². The Labute approximate surface area is 89.4 Å². The average molecular weight is 211 g/mol. The van der Waals surface area contributed by atoms with Crippen molar-refractivity contribution in [2.75, 3.05) is 40.0 Å². The van der Waals surface area contributed by atoms with E-state index < -0.39 is 0 Å². The quantitative estimate of drug-likeness (QED) is 0.787. The highest BCUT2D eigenvalue weighted by atomic mass is 16.4. The van der Waals surface area contributed by atoms with Crippen molar-refractivity contribution >= 4 is 11.8 Å². The van der Waals surface area contributed by atoms with Crippen LogP contribution in [0.4, 0.5) is 5.88 Å². The lowest BCUT2D eigenvalue weighted by molar-refractivity contribution is 0.0756. The largest absolute Gasteiger partial charge is 0.436 e. The first kappa shape index (κ1) is 11.6. The van der Waals surface area contributed by atoms with E-state index in [9.17, 15) is 4.79 Å². The molecule has 1 amide bonds. The van der Waals surface area contributed by atoms with E-state index >= 15 is 0 Å². The molecule has 0 aliphatic carbocycles. The van der Waals surface area contributed by atoms with Gasteiger partial charge in [0, 0.05) is 26.2 Å². The number of amides is 1. The first-order chi connectivity index (χ1) is 7.00. The standard InChI is InChI=1S/C10H17N3O2/c1-12(2)6-7-13(3)10(14)8-4-5-9(11)15-8/h4-5H,6-7,11H2,1-3H3. The molecule has 1 rings (SSSR count). The second kappa shape index (κ2) is 4.84. The van der Waals surface area contributed by atoms with Crippen molar-refractivity contribution < 1.29 is 9.21 Å². The molecule has 0 saturated carbocycles. The zero-order chi connectivity index (χ0) is 11.4. The third kappa shape index (κ3) is 3.28. The van der Waals surface area contributed by atoms with Crippen LogP contribution >= 0.6 is 0 Å². The maximum Gasteiger partial charge on any atom is 0.289 e. The molecular formula is C10H17N3O2. The summed E-state index contributed by atoms with van der Waals surface area (Å²) < 4.78 is 5.05. The lowest BCUT2D eigenvalue weighted by atomic mass is 10.4. The zero-order valence-electron chi connectivity index (χ0n) is 9.36. The topological polar surface area (TPSA) is 62.7 Å². The lowest BCUT2D eigenvalue weighted by Crippen LogP contribution is -2.33. The molecule has 84 valence electrons. The molecule has 2 N–H and O–H groups in total. The predicted octanol–water partition coefficient (Wildman–Crippen LogP) is 0.495. The number of carbonyl (C=O) groups excluding carboxylic acids is 1. The van der Waals surface area contributed by atoms with Crippen molar-refractivity contribution in [1.29, 1.82) is 0 Å². The van der Waals surface area contributed by atoms with E-state index in [1.54, 1.807) is 24.1 Å². The SMILES string of the molecule is CN(C)CCN(C)C(=O)c1ccc(N)o1. The average Bonchev–Trinajstić information content (AvgIpc) is 2.60. The highest BCUT2D eigenvalue weighted by Gasteiger charge is 2.14. The van der Waals surface area contributed by atoms with Crippen molar-refractivity contribution in [3.8, 4) is 0 Å². The van der Waals surface area contributed by atoms with Crippen molar-refractivity contribution in [1.82, 2.24) is 9.80 Å². The van der Waals surface area contributed by atoms with Gasteiger partial charge in [0.2, 0.25) is 0 Å². The van der Waals surface area contributed by atoms with Gasteiger partial charge >= 0.3 is 0 Å². The Hall–Kier alpha value is -1.49. The molecule has 1 aromatic rings. The van der Waals surface area contributed by atoms with Gasteiger partial charge in [-0.1, -0.05) is 0 Å². The van der Waals surface area contributed by atoms with Gasteiger partial charge in [0.15, 0.2) is 11.6 Å². The van der Waals surface area contributed by atoms with E-state index in [0.29, 0.717) is 6.54 Å². The summed E-state index contributed by atoms with van der Waals surface area (Å²) in [5.74, 6) is 0.404. The minimum Gasteiger partial charge on any atom is -0.436 e. The summed E-state index contributed by atoms with van der Waals surface area (Å²) in [4.78, 5) is 15.4. The number of likely N-dealkylation sites (N-methyl/N-ethyl adjacent to an activating group) is 2. The van der Waals surface area contributed by atoms with Crippen LogP contribution in [-0.4, -0.2) is 49.9 Å². The highest BCUT2D eigenvalue weighted by molar-refractivity contribution is 5.91. The molecule has 0 saturated heterocycles. The maximum atomic E-state index is 11.7. The summed E-state index contributed by atoms with van der Waals surface area (Å²) in [5.41, 5.74) is 5.39. The summed E-state index contributed by atoms with van der Waals surface area (Å²) in [7, 11) is 5.66. The monoisotopic (exact) mass is 211 g/mol. The highest BCUT2D eigenvalue weighted by Crippen LogP contribution is 2.10. The molecule has 0 radical (unpaired) electrons. The first-order valence-electron chi connectivity index (χ1n) is 4.76. The van der Waals surface area contributed by atoms with Gasteiger partial charge in [0.25, 0.3) is 5.91 Å². The van der Waals surface area contributed by atoms with Gasteiger partial charge in [-0.15, -0.1) is 0 Å². The minimum absolute atomic E-state index is 0.145. The Morgan fingerprint density at radius 2 is 2.00 bits per heavy atom. The van der Waals surface area contributed by atoms with Gasteiger partial charge < -0.3 is 20.0 Å². The van der Waals surface area contributed by atoms with Gasteiger partial charge in [-0.25, -0.2) is 0 Å². The second-order valence-electron chi connectivity index (χ2n) is 3.73. The summed E-state index contributed by atoms with van der Waals surface area (Å²) >= 11 is 0. The van der Waals surface area contributed by atoms with Crippen LogP contribution in [0.2, 0.25) is 0 Å². The fraction of sp³-hybridized carbons (Fsp3) is 0.500. The minimum atomic E-state index is -0.145. The number of nitrogens with two attached hydrogens (primary N) is 1. The van der Waals surface area contributed by atoms with Crippen LogP contribution in [0.25, 0.3) is 0 Å². The van der Waals surface area contributed by atoms with Crippen LogP contribution in [0.1, 0.15) is 10.6 Å². The molecule has 0 aliphatic heterocycles. The van der Waals surface area contributed by atoms with Gasteiger partial charge in [0.05, 0.1) is 0 Å². The third-order valence-corrected chi connectivity index (χ3v) is 2.07. The molecule has 0 atom stereocenters. The van der Waals surface area contributed by atoms with Crippen LogP contribution in [-0.2, 0) is 0 Å². The van der Waals surface area contributed by atoms with Crippen molar-refractivity contribution in [2.45, 2.75) is 0 Å². The molecule has 15 heavy (non-hydrogen) atoms. The fourth-order valence-corrected chi connectivity index (χ4v) is 1.11. The predicted molar refractivity (Wildman–Crippen MR) is 58.6 cm³/mol. The molecule has 0 aromatic carbocycles. The van der Waals surface area contributed by atoms with Crippen molar-refractivity contribution in [2.24, 2.45) is 0 Å². The first-order valence-corrected chi connectivity index (χ1v) is 4.76.